The summed E-state index contributed by atoms with van der Waals surface area (Å²) in [5.41, 5.74) is 1.86. The quantitative estimate of drug-likeness (QED) is 0.775. The Balaban J connectivity index is 2.26. The SMILES string of the molecule is Cn1c(-c2sccc2Br)nc2cc(C(=O)O)ccc21. The molecule has 0 atom stereocenters. The molecule has 1 N–H and O–H groups in total. The minimum atomic E-state index is -0.939. The molecule has 96 valence electrons. The smallest absolute Gasteiger partial charge is 0.335 e. The second-order valence-electron chi connectivity index (χ2n) is 4.10. The molecule has 6 heteroatoms. The van der Waals surface area contributed by atoms with E-state index in [4.69, 9.17) is 5.11 Å². The molecule has 2 aromatic heterocycles. The lowest BCUT2D eigenvalue weighted by atomic mass is 10.2. The fraction of sp³-hybridized carbons (Fsp3) is 0.0769. The third kappa shape index (κ3) is 1.97. The molecule has 0 bridgehead atoms. The molecular formula is C13H9BrN2O2S. The van der Waals surface area contributed by atoms with Crippen LogP contribution in [0.3, 0.4) is 0 Å². The highest BCUT2D eigenvalue weighted by molar-refractivity contribution is 9.10. The van der Waals surface area contributed by atoms with Crippen molar-refractivity contribution in [3.05, 3.63) is 39.7 Å². The zero-order valence-electron chi connectivity index (χ0n) is 9.92. The largest absolute Gasteiger partial charge is 0.478 e. The van der Waals surface area contributed by atoms with Crippen LogP contribution in [0.1, 0.15) is 10.4 Å². The van der Waals surface area contributed by atoms with E-state index in [1.807, 2.05) is 23.1 Å². The van der Waals surface area contributed by atoms with Crippen LogP contribution in [-0.2, 0) is 7.05 Å². The van der Waals surface area contributed by atoms with Crippen molar-refractivity contribution in [2.24, 2.45) is 7.05 Å². The number of halogens is 1. The number of carboxylic acid groups (broad SMARTS) is 1. The summed E-state index contributed by atoms with van der Waals surface area (Å²) in [7, 11) is 1.93. The van der Waals surface area contributed by atoms with Crippen LogP contribution in [0.2, 0.25) is 0 Å². The van der Waals surface area contributed by atoms with Crippen LogP contribution in [0, 0.1) is 0 Å². The van der Waals surface area contributed by atoms with Crippen LogP contribution in [0.25, 0.3) is 21.7 Å². The van der Waals surface area contributed by atoms with Crippen molar-refractivity contribution in [1.29, 1.82) is 0 Å². The number of aromatic carboxylic acids is 1. The number of carboxylic acids is 1. The van der Waals surface area contributed by atoms with Crippen molar-refractivity contribution in [2.45, 2.75) is 0 Å². The van der Waals surface area contributed by atoms with Crippen LogP contribution in [0.15, 0.2) is 34.1 Å². The molecule has 0 radical (unpaired) electrons. The number of benzene rings is 1. The van der Waals surface area contributed by atoms with Crippen molar-refractivity contribution in [3.8, 4) is 10.7 Å². The lowest BCUT2D eigenvalue weighted by Crippen LogP contribution is -1.95. The van der Waals surface area contributed by atoms with E-state index in [1.54, 1.807) is 29.5 Å². The predicted octanol–water partition coefficient (Wildman–Crippen LogP) is 3.76. The number of thiophene rings is 1. The molecular weight excluding hydrogens is 328 g/mol. The molecule has 19 heavy (non-hydrogen) atoms. The number of fused-ring (bicyclic) bond motifs is 1. The van der Waals surface area contributed by atoms with Gasteiger partial charge in [-0.15, -0.1) is 11.3 Å². The van der Waals surface area contributed by atoms with Crippen molar-refractivity contribution >= 4 is 44.3 Å². The Morgan fingerprint density at radius 2 is 2.21 bits per heavy atom. The summed E-state index contributed by atoms with van der Waals surface area (Å²) in [5, 5.41) is 11.0. The van der Waals surface area contributed by atoms with Gasteiger partial charge in [-0.05, 0) is 45.6 Å². The van der Waals surface area contributed by atoms with E-state index in [9.17, 15) is 4.79 Å². The Kier molecular flexibility index (Phi) is 2.91. The number of aromatic nitrogens is 2. The highest BCUT2D eigenvalue weighted by Crippen LogP contribution is 2.34. The van der Waals surface area contributed by atoms with Gasteiger partial charge in [-0.25, -0.2) is 9.78 Å². The molecule has 3 rings (SSSR count). The maximum atomic E-state index is 11.0. The number of nitrogens with zero attached hydrogens (tertiary/aromatic N) is 2. The van der Waals surface area contributed by atoms with Gasteiger partial charge >= 0.3 is 5.97 Å². The van der Waals surface area contributed by atoms with E-state index in [2.05, 4.69) is 20.9 Å². The summed E-state index contributed by atoms with van der Waals surface area (Å²) in [6.45, 7) is 0. The first-order chi connectivity index (χ1) is 9.08. The highest BCUT2D eigenvalue weighted by atomic mass is 79.9. The Labute approximate surface area is 121 Å². The molecule has 2 heterocycles. The lowest BCUT2D eigenvalue weighted by Gasteiger charge is -2.00. The average molecular weight is 337 g/mol. The minimum absolute atomic E-state index is 0.252. The van der Waals surface area contributed by atoms with Gasteiger partial charge in [0, 0.05) is 11.5 Å². The van der Waals surface area contributed by atoms with E-state index >= 15 is 0 Å². The summed E-state index contributed by atoms with van der Waals surface area (Å²) in [6, 6.07) is 6.96. The van der Waals surface area contributed by atoms with E-state index < -0.39 is 5.97 Å². The molecule has 3 aromatic rings. The van der Waals surface area contributed by atoms with Gasteiger partial charge in [-0.3, -0.25) is 0 Å². The third-order valence-electron chi connectivity index (χ3n) is 2.95. The number of rotatable bonds is 2. The second-order valence-corrected chi connectivity index (χ2v) is 5.87. The third-order valence-corrected chi connectivity index (χ3v) is 4.78. The number of aryl methyl sites for hydroxylation is 1. The van der Waals surface area contributed by atoms with Gasteiger partial charge in [0.05, 0.1) is 21.5 Å². The second kappa shape index (κ2) is 4.47. The Bertz CT molecular complexity index is 791. The van der Waals surface area contributed by atoms with Gasteiger partial charge in [0.15, 0.2) is 5.82 Å². The van der Waals surface area contributed by atoms with Gasteiger partial charge in [0.2, 0.25) is 0 Å². The number of imidazole rings is 1. The Hall–Kier alpha value is -1.66. The number of carbonyl (C=O) groups is 1. The summed E-state index contributed by atoms with van der Waals surface area (Å²) in [4.78, 5) is 16.6. The molecule has 0 aliphatic carbocycles. The Morgan fingerprint density at radius 3 is 2.84 bits per heavy atom. The van der Waals surface area contributed by atoms with Crippen molar-refractivity contribution < 1.29 is 9.90 Å². The van der Waals surface area contributed by atoms with Crippen molar-refractivity contribution in [1.82, 2.24) is 9.55 Å². The van der Waals surface area contributed by atoms with Crippen molar-refractivity contribution in [2.75, 3.05) is 0 Å². The van der Waals surface area contributed by atoms with Gasteiger partial charge in [0.25, 0.3) is 0 Å². The zero-order chi connectivity index (χ0) is 13.6. The first kappa shape index (κ1) is 12.4. The molecule has 0 aliphatic rings. The summed E-state index contributed by atoms with van der Waals surface area (Å²) >= 11 is 5.09. The van der Waals surface area contributed by atoms with Crippen LogP contribution in [-0.4, -0.2) is 20.6 Å². The number of hydrogen-bond acceptors (Lipinski definition) is 3. The van der Waals surface area contributed by atoms with Crippen LogP contribution < -0.4 is 0 Å². The predicted molar refractivity (Wildman–Crippen MR) is 78.7 cm³/mol. The molecule has 0 fully saturated rings. The van der Waals surface area contributed by atoms with Gasteiger partial charge in [-0.2, -0.15) is 0 Å². The summed E-state index contributed by atoms with van der Waals surface area (Å²) < 4.78 is 2.96. The van der Waals surface area contributed by atoms with Crippen molar-refractivity contribution in [3.63, 3.8) is 0 Å². The van der Waals surface area contributed by atoms with E-state index in [1.165, 1.54) is 0 Å². The molecule has 0 unspecified atom stereocenters. The monoisotopic (exact) mass is 336 g/mol. The first-order valence-corrected chi connectivity index (χ1v) is 7.18. The molecule has 4 nitrogen and oxygen atoms in total. The van der Waals surface area contributed by atoms with Gasteiger partial charge in [-0.1, -0.05) is 0 Å². The van der Waals surface area contributed by atoms with Crippen LogP contribution in [0.5, 0.6) is 0 Å². The Morgan fingerprint density at radius 1 is 1.42 bits per heavy atom. The summed E-state index contributed by atoms with van der Waals surface area (Å²) in [6.07, 6.45) is 0. The van der Waals surface area contributed by atoms with Gasteiger partial charge < -0.3 is 9.67 Å². The maximum absolute atomic E-state index is 11.0. The minimum Gasteiger partial charge on any atom is -0.478 e. The molecule has 0 spiro atoms. The molecule has 1 aromatic carbocycles. The first-order valence-electron chi connectivity index (χ1n) is 5.51. The molecule has 0 saturated carbocycles. The van der Waals surface area contributed by atoms with Crippen LogP contribution in [0.4, 0.5) is 0 Å². The molecule has 0 saturated heterocycles. The molecule has 0 aliphatic heterocycles. The fourth-order valence-corrected chi connectivity index (χ4v) is 3.56. The average Bonchev–Trinajstić information content (AvgIpc) is 2.93. The number of hydrogen-bond donors (Lipinski definition) is 1. The normalized spacial score (nSPS) is 11.1. The van der Waals surface area contributed by atoms with E-state index in [0.717, 1.165) is 20.7 Å². The van der Waals surface area contributed by atoms with E-state index in [0.29, 0.717) is 5.52 Å². The molecule has 0 amide bonds. The van der Waals surface area contributed by atoms with E-state index in [-0.39, 0.29) is 5.56 Å². The zero-order valence-corrected chi connectivity index (χ0v) is 12.3. The standard InChI is InChI=1S/C13H9BrN2O2S/c1-16-10-3-2-7(13(17)18)6-9(10)15-12(16)11-8(14)4-5-19-11/h2-6H,1H3,(H,17,18). The topological polar surface area (TPSA) is 55.1 Å². The van der Waals surface area contributed by atoms with Crippen LogP contribution >= 0.6 is 27.3 Å². The summed E-state index contributed by atoms with van der Waals surface area (Å²) in [5.74, 6) is -0.106. The highest BCUT2D eigenvalue weighted by Gasteiger charge is 2.15. The lowest BCUT2D eigenvalue weighted by molar-refractivity contribution is 0.0697. The maximum Gasteiger partial charge on any atom is 0.335 e. The van der Waals surface area contributed by atoms with Gasteiger partial charge in [0.1, 0.15) is 0 Å². The fourth-order valence-electron chi connectivity index (χ4n) is 1.99.